The molecule has 1 rings (SSSR count). The summed E-state index contributed by atoms with van der Waals surface area (Å²) in [6.07, 6.45) is 3.30. The molecule has 0 spiro atoms. The Hall–Kier alpha value is -0.850. The minimum absolute atomic E-state index is 0.0107. The summed E-state index contributed by atoms with van der Waals surface area (Å²) in [7, 11) is 0. The van der Waals surface area contributed by atoms with Gasteiger partial charge in [-0.2, -0.15) is 0 Å². The van der Waals surface area contributed by atoms with E-state index in [1.807, 2.05) is 6.07 Å². The van der Waals surface area contributed by atoms with Gasteiger partial charge >= 0.3 is 0 Å². The van der Waals surface area contributed by atoms with E-state index in [4.69, 9.17) is 5.11 Å². The number of nitrogens with zero attached hydrogens (tertiary/aromatic N) is 1. The Kier molecular flexibility index (Phi) is 3.78. The molecular weight excluding hydrogens is 218 g/mol. The number of aliphatic hydroxyl groups excluding tert-OH is 1. The summed E-state index contributed by atoms with van der Waals surface area (Å²) >= 11 is 3.20. The van der Waals surface area contributed by atoms with Crippen LogP contribution in [0.5, 0.6) is 0 Å². The molecule has 0 aliphatic heterocycles. The first-order chi connectivity index (χ1) is 5.86. The lowest BCUT2D eigenvalue weighted by Crippen LogP contribution is -1.86. The van der Waals surface area contributed by atoms with Crippen LogP contribution in [0.1, 0.15) is 11.1 Å². The minimum atomic E-state index is 0.0107. The smallest absolute Gasteiger partial charge is 0.0697 e. The van der Waals surface area contributed by atoms with E-state index in [1.165, 1.54) is 0 Å². The van der Waals surface area contributed by atoms with Crippen LogP contribution in [0.2, 0.25) is 0 Å². The van der Waals surface area contributed by atoms with Crippen molar-refractivity contribution in [3.05, 3.63) is 29.6 Å². The van der Waals surface area contributed by atoms with Crippen molar-refractivity contribution >= 4 is 15.9 Å². The molecule has 0 saturated carbocycles. The van der Waals surface area contributed by atoms with E-state index in [1.54, 1.807) is 12.4 Å². The zero-order valence-corrected chi connectivity index (χ0v) is 8.00. The summed E-state index contributed by atoms with van der Waals surface area (Å²) in [6.45, 7) is 0.0107. The van der Waals surface area contributed by atoms with Crippen LogP contribution in [0.3, 0.4) is 0 Å². The fraction of sp³-hybridized carbons (Fsp3) is 0.222. The van der Waals surface area contributed by atoms with Gasteiger partial charge in [0.05, 0.1) is 11.9 Å². The standard InChI is InChI=1S/C9H8BrNO/c10-3-1-2-8-4-9(7-12)6-11-5-8/h4-6,12H,3,7H2. The Balaban J connectivity index is 2.86. The van der Waals surface area contributed by atoms with E-state index < -0.39 is 0 Å². The van der Waals surface area contributed by atoms with Crippen molar-refractivity contribution in [3.63, 3.8) is 0 Å². The van der Waals surface area contributed by atoms with Gasteiger partial charge in [-0.3, -0.25) is 4.98 Å². The number of pyridine rings is 1. The Labute approximate surface area is 79.8 Å². The van der Waals surface area contributed by atoms with Crippen molar-refractivity contribution in [2.45, 2.75) is 6.61 Å². The second-order valence-electron chi connectivity index (χ2n) is 2.18. The molecule has 0 atom stereocenters. The molecule has 12 heavy (non-hydrogen) atoms. The quantitative estimate of drug-likeness (QED) is 0.578. The van der Waals surface area contributed by atoms with Gasteiger partial charge in [-0.25, -0.2) is 0 Å². The van der Waals surface area contributed by atoms with Crippen LogP contribution in [-0.4, -0.2) is 15.4 Å². The fourth-order valence-electron chi connectivity index (χ4n) is 0.778. The maximum atomic E-state index is 8.79. The third-order valence-electron chi connectivity index (χ3n) is 1.28. The lowest BCUT2D eigenvalue weighted by atomic mass is 10.2. The molecule has 1 aromatic heterocycles. The number of hydrogen-bond donors (Lipinski definition) is 1. The van der Waals surface area contributed by atoms with E-state index in [9.17, 15) is 0 Å². The summed E-state index contributed by atoms with van der Waals surface area (Å²) in [6, 6.07) is 1.82. The predicted octanol–water partition coefficient (Wildman–Crippen LogP) is 1.32. The third kappa shape index (κ3) is 2.65. The molecule has 1 heterocycles. The summed E-state index contributed by atoms with van der Waals surface area (Å²) in [5.74, 6) is 5.76. The van der Waals surface area contributed by atoms with Gasteiger partial charge in [0.1, 0.15) is 0 Å². The minimum Gasteiger partial charge on any atom is -0.392 e. The molecule has 0 bridgehead atoms. The van der Waals surface area contributed by atoms with Crippen molar-refractivity contribution in [1.29, 1.82) is 0 Å². The average Bonchev–Trinajstić information content (AvgIpc) is 2.15. The van der Waals surface area contributed by atoms with Gasteiger partial charge in [0, 0.05) is 18.0 Å². The first kappa shape index (κ1) is 9.24. The lowest BCUT2D eigenvalue weighted by molar-refractivity contribution is 0.281. The van der Waals surface area contributed by atoms with Gasteiger partial charge in [0.25, 0.3) is 0 Å². The molecule has 0 amide bonds. The number of rotatable bonds is 1. The van der Waals surface area contributed by atoms with Crippen molar-refractivity contribution in [2.24, 2.45) is 0 Å². The van der Waals surface area contributed by atoms with Gasteiger partial charge in [0.2, 0.25) is 0 Å². The molecule has 2 nitrogen and oxygen atoms in total. The molecule has 0 aliphatic rings. The number of hydrogen-bond acceptors (Lipinski definition) is 2. The van der Waals surface area contributed by atoms with E-state index in [0.717, 1.165) is 11.1 Å². The first-order valence-corrected chi connectivity index (χ1v) is 4.58. The highest BCUT2D eigenvalue weighted by molar-refractivity contribution is 9.09. The lowest BCUT2D eigenvalue weighted by Gasteiger charge is -1.94. The normalized spacial score (nSPS) is 8.83. The van der Waals surface area contributed by atoms with Gasteiger partial charge in [-0.15, -0.1) is 0 Å². The van der Waals surface area contributed by atoms with Crippen LogP contribution >= 0.6 is 15.9 Å². The SMILES string of the molecule is OCc1cncc(C#CCBr)c1. The highest BCUT2D eigenvalue weighted by Crippen LogP contribution is 2.00. The van der Waals surface area contributed by atoms with Crippen molar-refractivity contribution in [3.8, 4) is 11.8 Å². The molecule has 1 N–H and O–H groups in total. The zero-order chi connectivity index (χ0) is 8.81. The second kappa shape index (κ2) is 4.91. The summed E-state index contributed by atoms with van der Waals surface area (Å²) in [5, 5.41) is 9.44. The van der Waals surface area contributed by atoms with E-state index in [2.05, 4.69) is 32.8 Å². The molecule has 0 radical (unpaired) electrons. The Morgan fingerprint density at radius 2 is 2.33 bits per heavy atom. The topological polar surface area (TPSA) is 33.1 Å². The van der Waals surface area contributed by atoms with Crippen molar-refractivity contribution in [2.75, 3.05) is 5.33 Å². The Bertz CT molecular complexity index is 314. The van der Waals surface area contributed by atoms with Crippen LogP contribution in [0.15, 0.2) is 18.5 Å². The molecule has 1 aromatic rings. The Morgan fingerprint density at radius 1 is 1.50 bits per heavy atom. The number of aromatic nitrogens is 1. The molecule has 0 unspecified atom stereocenters. The number of halogens is 1. The molecule has 3 heteroatoms. The highest BCUT2D eigenvalue weighted by Gasteiger charge is 1.91. The molecule has 62 valence electrons. The van der Waals surface area contributed by atoms with Crippen molar-refractivity contribution < 1.29 is 5.11 Å². The van der Waals surface area contributed by atoms with Crippen LogP contribution in [-0.2, 0) is 6.61 Å². The Morgan fingerprint density at radius 3 is 3.00 bits per heavy atom. The van der Waals surface area contributed by atoms with Gasteiger partial charge in [-0.1, -0.05) is 27.8 Å². The number of aliphatic hydroxyl groups is 1. The molecule has 0 aromatic carbocycles. The van der Waals surface area contributed by atoms with Gasteiger partial charge < -0.3 is 5.11 Å². The second-order valence-corrected chi connectivity index (χ2v) is 2.74. The third-order valence-corrected chi connectivity index (χ3v) is 1.56. The first-order valence-electron chi connectivity index (χ1n) is 3.46. The molecule has 0 fully saturated rings. The van der Waals surface area contributed by atoms with Crippen LogP contribution in [0.4, 0.5) is 0 Å². The zero-order valence-electron chi connectivity index (χ0n) is 6.42. The maximum absolute atomic E-state index is 8.79. The maximum Gasteiger partial charge on any atom is 0.0697 e. The monoisotopic (exact) mass is 225 g/mol. The molecule has 0 aliphatic carbocycles. The summed E-state index contributed by atoms with van der Waals surface area (Å²) in [4.78, 5) is 3.93. The van der Waals surface area contributed by atoms with Crippen LogP contribution < -0.4 is 0 Å². The molecular formula is C9H8BrNO. The van der Waals surface area contributed by atoms with Crippen molar-refractivity contribution in [1.82, 2.24) is 4.98 Å². The largest absolute Gasteiger partial charge is 0.392 e. The van der Waals surface area contributed by atoms with E-state index >= 15 is 0 Å². The van der Waals surface area contributed by atoms with Gasteiger partial charge in [-0.05, 0) is 11.6 Å². The van der Waals surface area contributed by atoms with Crippen LogP contribution in [0, 0.1) is 11.8 Å². The average molecular weight is 226 g/mol. The predicted molar refractivity (Wildman–Crippen MR) is 50.8 cm³/mol. The molecule has 0 saturated heterocycles. The number of alkyl halides is 1. The van der Waals surface area contributed by atoms with Crippen LogP contribution in [0.25, 0.3) is 0 Å². The summed E-state index contributed by atoms with van der Waals surface area (Å²) in [5.41, 5.74) is 1.62. The fourth-order valence-corrected chi connectivity index (χ4v) is 0.918. The van der Waals surface area contributed by atoms with E-state index in [0.29, 0.717) is 5.33 Å². The summed E-state index contributed by atoms with van der Waals surface area (Å²) < 4.78 is 0. The van der Waals surface area contributed by atoms with E-state index in [-0.39, 0.29) is 6.61 Å². The highest BCUT2D eigenvalue weighted by atomic mass is 79.9. The van der Waals surface area contributed by atoms with Gasteiger partial charge in [0.15, 0.2) is 0 Å².